The Bertz CT molecular complexity index is 1040. The molecule has 1 aliphatic heterocycles. The Morgan fingerprint density at radius 1 is 1.00 bits per heavy atom. The van der Waals surface area contributed by atoms with E-state index in [4.69, 9.17) is 20.9 Å². The molecule has 0 aromatic heterocycles. The number of piperazine rings is 1. The smallest absolute Gasteiger partial charge is 0.253 e. The third kappa shape index (κ3) is 10.3. The van der Waals surface area contributed by atoms with Crippen LogP contribution in [0.1, 0.15) is 28.8 Å². The normalized spacial score (nSPS) is 13.2. The van der Waals surface area contributed by atoms with Crippen molar-refractivity contribution in [3.8, 4) is 16.9 Å². The summed E-state index contributed by atoms with van der Waals surface area (Å²) < 4.78 is 11.2. The number of likely N-dealkylation sites (N-methyl/N-ethyl adjacent to an activating group) is 1. The van der Waals surface area contributed by atoms with E-state index in [1.807, 2.05) is 47.4 Å². The molecule has 1 heterocycles. The van der Waals surface area contributed by atoms with Crippen molar-refractivity contribution in [1.82, 2.24) is 9.80 Å². The number of hydrogen-bond donors (Lipinski definition) is 2. The van der Waals surface area contributed by atoms with Crippen LogP contribution in [0.25, 0.3) is 11.1 Å². The van der Waals surface area contributed by atoms with Gasteiger partial charge in [0.05, 0.1) is 6.61 Å². The van der Waals surface area contributed by atoms with E-state index >= 15 is 0 Å². The maximum absolute atomic E-state index is 12.9. The minimum absolute atomic E-state index is 0. The van der Waals surface area contributed by atoms with Gasteiger partial charge in [0, 0.05) is 93.4 Å². The molecular weight excluding hydrogens is 505 g/mol. The van der Waals surface area contributed by atoms with Gasteiger partial charge in [-0.05, 0) is 42.8 Å². The van der Waals surface area contributed by atoms with E-state index in [-0.39, 0.29) is 66.2 Å². The van der Waals surface area contributed by atoms with Crippen molar-refractivity contribution in [2.24, 2.45) is 16.5 Å². The van der Waals surface area contributed by atoms with Gasteiger partial charge in [0.2, 0.25) is 5.91 Å². The Hall–Kier alpha value is -2.14. The van der Waals surface area contributed by atoms with Crippen molar-refractivity contribution in [2.45, 2.75) is 19.3 Å². The number of rotatable bonds is 10. The zero-order valence-electron chi connectivity index (χ0n) is 21.9. The van der Waals surface area contributed by atoms with Crippen LogP contribution in [0.5, 0.6) is 5.75 Å². The first-order chi connectivity index (χ1) is 16.9. The number of guanidine groups is 1. The van der Waals surface area contributed by atoms with E-state index < -0.39 is 0 Å². The Morgan fingerprint density at radius 2 is 1.68 bits per heavy atom. The van der Waals surface area contributed by atoms with Gasteiger partial charge in [-0.3, -0.25) is 9.59 Å². The van der Waals surface area contributed by atoms with E-state index in [1.165, 1.54) is 0 Å². The largest absolute Gasteiger partial charge is 0.493 e. The molecule has 4 N–H and O–H groups in total. The fourth-order valence-electron chi connectivity index (χ4n) is 3.90. The fraction of sp³-hybridized carbons (Fsp3) is 0.423. The molecule has 0 unspecified atom stereocenters. The summed E-state index contributed by atoms with van der Waals surface area (Å²) in [6.07, 6.45) is 1.44. The molecule has 0 atom stereocenters. The molecule has 0 bridgehead atoms. The summed E-state index contributed by atoms with van der Waals surface area (Å²) in [6.45, 7) is 4.35. The van der Waals surface area contributed by atoms with Crippen LogP contribution >= 0.6 is 12.4 Å². The molecule has 9 nitrogen and oxygen atoms in total. The molecule has 2 aromatic rings. The van der Waals surface area contributed by atoms with Crippen molar-refractivity contribution in [2.75, 3.05) is 53.6 Å². The second kappa shape index (κ2) is 16.7. The maximum Gasteiger partial charge on any atom is 0.253 e. The number of aryl methyl sites for hydroxylation is 1. The average molecular weight is 541 g/mol. The molecule has 2 aromatic carbocycles. The van der Waals surface area contributed by atoms with Gasteiger partial charge in [0.1, 0.15) is 5.75 Å². The molecule has 3 rings (SSSR count). The molecule has 11 heteroatoms. The Kier molecular flexibility index (Phi) is 14.8. The Morgan fingerprint density at radius 3 is 2.30 bits per heavy atom. The standard InChI is InChI=1S/C26H35N5O4.ClH.Na/c1-30-12-14-31(15-13-30)25(33)21-8-6-20(7-9-21)22-10-4-19(5-11-24(32)29-26(27)28)18-23(22)35-17-3-16-34-2;;/h4,6-10,18H,3,5,11-17H2,1-2H3,(H4,27,28,29,32);1H;. The zero-order valence-corrected chi connectivity index (χ0v) is 24.8. The quantitative estimate of drug-likeness (QED) is 0.204. The second-order valence-electron chi connectivity index (χ2n) is 8.63. The van der Waals surface area contributed by atoms with Crippen molar-refractivity contribution >= 4 is 59.7 Å². The van der Waals surface area contributed by atoms with Gasteiger partial charge >= 0.3 is 0 Å². The SMILES string of the molecule is COCCCOc1cc(CCC(=O)N=C(N)N)ccc1-c1ccc(C(=O)N2CCN(C)CC2)cc1.Cl.[Na]. The number of benzene rings is 2. The number of methoxy groups -OCH3 is 1. The van der Waals surface area contributed by atoms with Gasteiger partial charge in [-0.15, -0.1) is 12.4 Å². The summed E-state index contributed by atoms with van der Waals surface area (Å²) in [5, 5.41) is 0. The van der Waals surface area contributed by atoms with Gasteiger partial charge in [0.15, 0.2) is 5.96 Å². The van der Waals surface area contributed by atoms with Crippen LogP contribution < -0.4 is 16.2 Å². The molecule has 0 spiro atoms. The van der Waals surface area contributed by atoms with Crippen LogP contribution in [-0.4, -0.2) is 111 Å². The van der Waals surface area contributed by atoms with Crippen molar-refractivity contribution < 1.29 is 19.1 Å². The molecule has 197 valence electrons. The Labute approximate surface area is 247 Å². The molecular formula is C26H36ClN5NaO4. The number of carbonyl (C=O) groups is 2. The third-order valence-corrected chi connectivity index (χ3v) is 5.91. The molecule has 1 saturated heterocycles. The summed E-state index contributed by atoms with van der Waals surface area (Å²) in [7, 11) is 3.73. The monoisotopic (exact) mass is 540 g/mol. The van der Waals surface area contributed by atoms with Crippen molar-refractivity contribution in [3.63, 3.8) is 0 Å². The first kappa shape index (κ1) is 32.9. The predicted molar refractivity (Wildman–Crippen MR) is 149 cm³/mol. The second-order valence-corrected chi connectivity index (χ2v) is 8.63. The molecule has 1 fully saturated rings. The van der Waals surface area contributed by atoms with Crippen molar-refractivity contribution in [1.29, 1.82) is 0 Å². The van der Waals surface area contributed by atoms with Crippen LogP contribution in [0, 0.1) is 0 Å². The van der Waals surface area contributed by atoms with Gasteiger partial charge in [-0.2, -0.15) is 4.99 Å². The Balaban J connectivity index is 0.00000342. The minimum atomic E-state index is -0.364. The molecule has 1 aliphatic rings. The summed E-state index contributed by atoms with van der Waals surface area (Å²) in [5.41, 5.74) is 14.0. The topological polar surface area (TPSA) is 123 Å². The molecule has 2 amide bonds. The summed E-state index contributed by atoms with van der Waals surface area (Å²) in [5.74, 6) is 0.173. The summed E-state index contributed by atoms with van der Waals surface area (Å²) in [4.78, 5) is 32.4. The fourth-order valence-corrected chi connectivity index (χ4v) is 3.90. The third-order valence-electron chi connectivity index (χ3n) is 5.91. The van der Waals surface area contributed by atoms with Crippen LogP contribution in [-0.2, 0) is 16.0 Å². The number of halogens is 1. The van der Waals surface area contributed by atoms with E-state index in [9.17, 15) is 9.59 Å². The first-order valence-corrected chi connectivity index (χ1v) is 11.8. The number of amides is 2. The van der Waals surface area contributed by atoms with E-state index in [2.05, 4.69) is 16.9 Å². The van der Waals surface area contributed by atoms with Crippen LogP contribution in [0.15, 0.2) is 47.5 Å². The van der Waals surface area contributed by atoms with E-state index in [0.29, 0.717) is 30.9 Å². The molecule has 0 saturated carbocycles. The summed E-state index contributed by atoms with van der Waals surface area (Å²) in [6, 6.07) is 13.5. The predicted octanol–water partition coefficient (Wildman–Crippen LogP) is 1.93. The number of ether oxygens (including phenoxy) is 2. The zero-order chi connectivity index (χ0) is 25.2. The number of nitrogens with zero attached hydrogens (tertiary/aromatic N) is 3. The molecule has 37 heavy (non-hydrogen) atoms. The molecule has 1 radical (unpaired) electrons. The maximum atomic E-state index is 12.9. The van der Waals surface area contributed by atoms with Crippen LogP contribution in [0.4, 0.5) is 0 Å². The number of hydrogen-bond acceptors (Lipinski definition) is 5. The molecule has 0 aliphatic carbocycles. The summed E-state index contributed by atoms with van der Waals surface area (Å²) >= 11 is 0. The van der Waals surface area contributed by atoms with Crippen LogP contribution in [0.3, 0.4) is 0 Å². The van der Waals surface area contributed by atoms with Crippen LogP contribution in [0.2, 0.25) is 0 Å². The van der Waals surface area contributed by atoms with E-state index in [0.717, 1.165) is 49.3 Å². The van der Waals surface area contributed by atoms with Gasteiger partial charge in [-0.1, -0.05) is 24.3 Å². The number of carbonyl (C=O) groups excluding carboxylic acids is 2. The van der Waals surface area contributed by atoms with E-state index in [1.54, 1.807) is 7.11 Å². The van der Waals surface area contributed by atoms with Gasteiger partial charge in [0.25, 0.3) is 5.91 Å². The first-order valence-electron chi connectivity index (χ1n) is 11.8. The minimum Gasteiger partial charge on any atom is -0.493 e. The van der Waals surface area contributed by atoms with Gasteiger partial charge in [-0.25, -0.2) is 0 Å². The number of nitrogens with two attached hydrogens (primary N) is 2. The van der Waals surface area contributed by atoms with Gasteiger partial charge < -0.3 is 30.7 Å². The van der Waals surface area contributed by atoms with Crippen molar-refractivity contribution in [3.05, 3.63) is 53.6 Å². The average Bonchev–Trinajstić information content (AvgIpc) is 2.85. The number of aliphatic imine (C=N–C) groups is 1.